The predicted molar refractivity (Wildman–Crippen MR) is 68.5 cm³/mol. The maximum absolute atomic E-state index is 13.2. The molecule has 0 spiro atoms. The molecule has 1 heterocycles. The van der Waals surface area contributed by atoms with Crippen molar-refractivity contribution in [1.82, 2.24) is 0 Å². The Hall–Kier alpha value is -0.840. The van der Waals surface area contributed by atoms with Gasteiger partial charge in [0.15, 0.2) is 4.67 Å². The molecule has 1 aromatic heterocycles. The molecule has 0 radical (unpaired) electrons. The van der Waals surface area contributed by atoms with E-state index < -0.39 is 5.82 Å². The molecular weight excluding hydrogens is 308 g/mol. The Morgan fingerprint density at radius 3 is 2.71 bits per heavy atom. The highest BCUT2D eigenvalue weighted by Gasteiger charge is 2.12. The van der Waals surface area contributed by atoms with Crippen molar-refractivity contribution in [3.63, 3.8) is 0 Å². The molecule has 90 valence electrons. The van der Waals surface area contributed by atoms with Crippen LogP contribution in [0.5, 0.6) is 0 Å². The van der Waals surface area contributed by atoms with Crippen molar-refractivity contribution in [1.29, 1.82) is 0 Å². The van der Waals surface area contributed by atoms with Crippen molar-refractivity contribution in [2.75, 3.05) is 0 Å². The molecule has 2 rings (SSSR count). The Kier molecular flexibility index (Phi) is 3.86. The van der Waals surface area contributed by atoms with Crippen molar-refractivity contribution >= 4 is 27.5 Å². The lowest BCUT2D eigenvalue weighted by molar-refractivity contribution is 0.447. The highest BCUT2D eigenvalue weighted by atomic mass is 79.9. The summed E-state index contributed by atoms with van der Waals surface area (Å²) in [5, 5.41) is 0.114. The van der Waals surface area contributed by atoms with Crippen LogP contribution < -0.4 is 5.73 Å². The third kappa shape index (κ3) is 3.09. The molecule has 2 nitrogen and oxygen atoms in total. The minimum atomic E-state index is -0.433. The van der Waals surface area contributed by atoms with Crippen LogP contribution in [0.1, 0.15) is 17.4 Å². The average molecular weight is 319 g/mol. The van der Waals surface area contributed by atoms with Gasteiger partial charge in [0.1, 0.15) is 11.6 Å². The zero-order valence-electron chi connectivity index (χ0n) is 8.79. The van der Waals surface area contributed by atoms with E-state index in [1.807, 2.05) is 0 Å². The van der Waals surface area contributed by atoms with Gasteiger partial charge < -0.3 is 10.2 Å². The van der Waals surface area contributed by atoms with E-state index in [1.165, 1.54) is 12.1 Å². The van der Waals surface area contributed by atoms with Crippen LogP contribution in [0.2, 0.25) is 5.02 Å². The molecular formula is C12H10BrClFNO. The van der Waals surface area contributed by atoms with Crippen LogP contribution in [0, 0.1) is 5.82 Å². The number of benzene rings is 1. The first kappa shape index (κ1) is 12.6. The Labute approximate surface area is 112 Å². The largest absolute Gasteiger partial charge is 0.453 e. The fraction of sp³-hybridized carbons (Fsp3) is 0.167. The van der Waals surface area contributed by atoms with Crippen molar-refractivity contribution in [3.8, 4) is 0 Å². The maximum Gasteiger partial charge on any atom is 0.169 e. The van der Waals surface area contributed by atoms with Gasteiger partial charge >= 0.3 is 0 Å². The molecule has 0 bridgehead atoms. The molecule has 0 aliphatic heterocycles. The highest BCUT2D eigenvalue weighted by Crippen LogP contribution is 2.23. The van der Waals surface area contributed by atoms with Gasteiger partial charge in [0.25, 0.3) is 0 Å². The summed E-state index contributed by atoms with van der Waals surface area (Å²) in [6, 6.07) is 7.93. The van der Waals surface area contributed by atoms with Crippen LogP contribution in [0.3, 0.4) is 0 Å². The molecule has 0 aliphatic rings. The average Bonchev–Trinajstić information content (AvgIpc) is 2.70. The minimum Gasteiger partial charge on any atom is -0.453 e. The van der Waals surface area contributed by atoms with Crippen LogP contribution in [0.4, 0.5) is 4.39 Å². The summed E-state index contributed by atoms with van der Waals surface area (Å²) in [4.78, 5) is 0. The monoisotopic (exact) mass is 317 g/mol. The van der Waals surface area contributed by atoms with Gasteiger partial charge in [-0.2, -0.15) is 0 Å². The number of furan rings is 1. The van der Waals surface area contributed by atoms with Crippen LogP contribution in [0.15, 0.2) is 39.4 Å². The van der Waals surface area contributed by atoms with Crippen LogP contribution in [0.25, 0.3) is 0 Å². The first-order chi connectivity index (χ1) is 8.06. The Morgan fingerprint density at radius 1 is 1.35 bits per heavy atom. The van der Waals surface area contributed by atoms with Crippen molar-refractivity contribution in [2.24, 2.45) is 5.73 Å². The van der Waals surface area contributed by atoms with Gasteiger partial charge in [-0.25, -0.2) is 4.39 Å². The zero-order valence-corrected chi connectivity index (χ0v) is 11.1. The Bertz CT molecular complexity index is 529. The summed E-state index contributed by atoms with van der Waals surface area (Å²) in [5.74, 6) is 0.226. The van der Waals surface area contributed by atoms with E-state index in [-0.39, 0.29) is 11.1 Å². The van der Waals surface area contributed by atoms with E-state index in [1.54, 1.807) is 18.2 Å². The molecule has 2 aromatic rings. The van der Waals surface area contributed by atoms with Gasteiger partial charge in [0.05, 0.1) is 11.1 Å². The summed E-state index contributed by atoms with van der Waals surface area (Å²) >= 11 is 8.81. The van der Waals surface area contributed by atoms with Crippen molar-refractivity contribution in [3.05, 3.63) is 57.2 Å². The molecule has 5 heteroatoms. The standard InChI is InChI=1S/C12H10BrClFNO/c13-12-4-3-11(17-12)10(16)6-7-1-2-8(14)9(15)5-7/h1-5,10H,6,16H2. The van der Waals surface area contributed by atoms with Crippen molar-refractivity contribution < 1.29 is 8.81 Å². The third-order valence-electron chi connectivity index (χ3n) is 2.40. The summed E-state index contributed by atoms with van der Waals surface area (Å²) in [7, 11) is 0. The topological polar surface area (TPSA) is 39.2 Å². The smallest absolute Gasteiger partial charge is 0.169 e. The van der Waals surface area contributed by atoms with Crippen LogP contribution in [-0.2, 0) is 6.42 Å². The molecule has 0 saturated carbocycles. The summed E-state index contributed by atoms with van der Waals surface area (Å²) < 4.78 is 19.2. The molecule has 2 N–H and O–H groups in total. The second kappa shape index (κ2) is 5.21. The van der Waals surface area contributed by atoms with Gasteiger partial charge in [0, 0.05) is 0 Å². The maximum atomic E-state index is 13.2. The summed E-state index contributed by atoms with van der Waals surface area (Å²) in [5.41, 5.74) is 6.74. The lowest BCUT2D eigenvalue weighted by atomic mass is 10.0. The normalized spacial score (nSPS) is 12.7. The van der Waals surface area contributed by atoms with Gasteiger partial charge in [0.2, 0.25) is 0 Å². The van der Waals surface area contributed by atoms with Gasteiger partial charge in [-0.15, -0.1) is 0 Å². The third-order valence-corrected chi connectivity index (χ3v) is 3.13. The molecule has 0 saturated heterocycles. The number of nitrogens with two attached hydrogens (primary N) is 1. The molecule has 0 fully saturated rings. The van der Waals surface area contributed by atoms with Gasteiger partial charge in [-0.1, -0.05) is 17.7 Å². The van der Waals surface area contributed by atoms with E-state index >= 15 is 0 Å². The van der Waals surface area contributed by atoms with Crippen molar-refractivity contribution in [2.45, 2.75) is 12.5 Å². The van der Waals surface area contributed by atoms with E-state index in [2.05, 4.69) is 15.9 Å². The zero-order chi connectivity index (χ0) is 12.4. The van der Waals surface area contributed by atoms with Gasteiger partial charge in [-0.05, 0) is 52.2 Å². The first-order valence-electron chi connectivity index (χ1n) is 5.01. The predicted octanol–water partition coefficient (Wildman–Crippen LogP) is 4.08. The lowest BCUT2D eigenvalue weighted by Gasteiger charge is -2.09. The number of rotatable bonds is 3. The molecule has 0 aliphatic carbocycles. The highest BCUT2D eigenvalue weighted by molar-refractivity contribution is 9.10. The molecule has 0 amide bonds. The molecule has 1 atom stereocenters. The SMILES string of the molecule is NC(Cc1ccc(Cl)c(F)c1)c1ccc(Br)o1. The number of hydrogen-bond acceptors (Lipinski definition) is 2. The Balaban J connectivity index is 2.12. The molecule has 17 heavy (non-hydrogen) atoms. The first-order valence-corrected chi connectivity index (χ1v) is 6.18. The molecule has 1 aromatic carbocycles. The minimum absolute atomic E-state index is 0.114. The number of halogens is 3. The van der Waals surface area contributed by atoms with E-state index in [0.717, 1.165) is 5.56 Å². The van der Waals surface area contributed by atoms with E-state index in [4.69, 9.17) is 21.8 Å². The van der Waals surface area contributed by atoms with E-state index in [0.29, 0.717) is 16.9 Å². The summed E-state index contributed by atoms with van der Waals surface area (Å²) in [6.07, 6.45) is 0.494. The van der Waals surface area contributed by atoms with E-state index in [9.17, 15) is 4.39 Å². The lowest BCUT2D eigenvalue weighted by Crippen LogP contribution is -2.12. The summed E-state index contributed by atoms with van der Waals surface area (Å²) in [6.45, 7) is 0. The second-order valence-electron chi connectivity index (χ2n) is 3.70. The fourth-order valence-corrected chi connectivity index (χ4v) is 1.99. The second-order valence-corrected chi connectivity index (χ2v) is 4.89. The quantitative estimate of drug-likeness (QED) is 0.926. The van der Waals surface area contributed by atoms with Gasteiger partial charge in [-0.3, -0.25) is 0 Å². The Morgan fingerprint density at radius 2 is 2.12 bits per heavy atom. The molecule has 1 unspecified atom stereocenters. The van der Waals surface area contributed by atoms with Crippen LogP contribution >= 0.6 is 27.5 Å². The fourth-order valence-electron chi connectivity index (χ4n) is 1.55. The van der Waals surface area contributed by atoms with Crippen LogP contribution in [-0.4, -0.2) is 0 Å². The number of hydrogen-bond donors (Lipinski definition) is 1.